The molecule has 0 aromatic heterocycles. The number of benzene rings is 1. The number of hydrogen-bond donors (Lipinski definition) is 1. The van der Waals surface area contributed by atoms with E-state index >= 15 is 0 Å². The minimum atomic E-state index is -0.634. The minimum Gasteiger partial charge on any atom is -0.493 e. The number of nitrogens with one attached hydrogen (secondary N) is 1. The van der Waals surface area contributed by atoms with Crippen molar-refractivity contribution < 1.29 is 38.1 Å². The van der Waals surface area contributed by atoms with E-state index in [0.29, 0.717) is 74.7 Å². The number of hydrogen-bond acceptors (Lipinski definition) is 8. The molecule has 1 aliphatic heterocycles. The summed E-state index contributed by atoms with van der Waals surface area (Å²) in [6.07, 6.45) is 4.41. The maximum Gasteiger partial charge on any atom is 0.410 e. The summed E-state index contributed by atoms with van der Waals surface area (Å²) in [6, 6.07) is 5.09. The van der Waals surface area contributed by atoms with Crippen LogP contribution in [0.5, 0.6) is 11.5 Å². The van der Waals surface area contributed by atoms with E-state index < -0.39 is 17.8 Å². The third-order valence-corrected chi connectivity index (χ3v) is 8.63. The van der Waals surface area contributed by atoms with Gasteiger partial charge in [-0.3, -0.25) is 4.79 Å². The van der Waals surface area contributed by atoms with Crippen molar-refractivity contribution in [3.8, 4) is 11.5 Å². The van der Waals surface area contributed by atoms with Crippen LogP contribution in [0.1, 0.15) is 77.1 Å². The van der Waals surface area contributed by atoms with E-state index in [1.807, 2.05) is 39.5 Å². The molecule has 0 bridgehead atoms. The van der Waals surface area contributed by atoms with E-state index in [0.717, 1.165) is 25.7 Å². The molecule has 0 spiro atoms. The van der Waals surface area contributed by atoms with Crippen LogP contribution in [0.2, 0.25) is 0 Å². The Kier molecular flexibility index (Phi) is 11.8. The first kappa shape index (κ1) is 34.7. The highest BCUT2D eigenvalue weighted by molar-refractivity contribution is 5.95. The monoisotopic (exact) mass is 631 g/mol. The second-order valence-corrected chi connectivity index (χ2v) is 13.9. The van der Waals surface area contributed by atoms with Crippen molar-refractivity contribution in [2.45, 2.75) is 84.5 Å². The molecule has 2 saturated carbocycles. The topological polar surface area (TPSA) is 116 Å². The molecule has 0 radical (unpaired) electrons. The Hall–Kier alpha value is -3.21. The Bertz CT molecular complexity index is 1150. The lowest BCUT2D eigenvalue weighted by atomic mass is 9.94. The molecule has 1 heterocycles. The van der Waals surface area contributed by atoms with Crippen LogP contribution >= 0.6 is 0 Å². The van der Waals surface area contributed by atoms with Crippen LogP contribution in [0.25, 0.3) is 0 Å². The molecule has 11 nitrogen and oxygen atoms in total. The van der Waals surface area contributed by atoms with Crippen LogP contribution in [-0.2, 0) is 14.2 Å². The number of nitrogens with zero attached hydrogens (tertiary/aromatic N) is 2. The normalized spacial score (nSPS) is 19.9. The van der Waals surface area contributed by atoms with Crippen molar-refractivity contribution in [3.05, 3.63) is 23.8 Å². The fourth-order valence-corrected chi connectivity index (χ4v) is 5.91. The summed E-state index contributed by atoms with van der Waals surface area (Å²) < 4.78 is 28.0. The highest BCUT2D eigenvalue weighted by Gasteiger charge is 2.44. The van der Waals surface area contributed by atoms with E-state index in [1.165, 1.54) is 0 Å². The standard InChI is InChI=1S/C34H53N3O8/c1-22(2)37(31(38)25-13-14-28(42-7)29(17-25)43-16-8-15-41-6)21-27-20-36(33(40)45-34(3,4)5)19-26(27)18-35-32(39)44-30(23-9-10-23)24-11-12-24/h13-14,17,22-24,26-27,30H,8-12,15-16,18-21H2,1-7H3,(H,35,39)/t26-,27-/m0/s1. The quantitative estimate of drug-likeness (QED) is 0.257. The molecular formula is C34H53N3O8. The second-order valence-electron chi connectivity index (χ2n) is 13.9. The van der Waals surface area contributed by atoms with Gasteiger partial charge < -0.3 is 38.8 Å². The van der Waals surface area contributed by atoms with Crippen molar-refractivity contribution in [2.24, 2.45) is 23.7 Å². The molecule has 3 aliphatic rings. The minimum absolute atomic E-state index is 0.00929. The van der Waals surface area contributed by atoms with Crippen molar-refractivity contribution in [2.75, 3.05) is 53.6 Å². The van der Waals surface area contributed by atoms with Gasteiger partial charge in [-0.2, -0.15) is 0 Å². The van der Waals surface area contributed by atoms with Gasteiger partial charge in [0, 0.05) is 69.8 Å². The average molecular weight is 632 g/mol. The second kappa shape index (κ2) is 15.4. The number of carbonyl (C=O) groups excluding carboxylic acids is 3. The van der Waals surface area contributed by atoms with Crippen molar-refractivity contribution >= 4 is 18.1 Å². The predicted octanol–water partition coefficient (Wildman–Crippen LogP) is 5.36. The van der Waals surface area contributed by atoms with E-state index in [9.17, 15) is 14.4 Å². The van der Waals surface area contributed by atoms with E-state index in [4.69, 9.17) is 23.7 Å². The largest absolute Gasteiger partial charge is 0.493 e. The molecule has 0 unspecified atom stereocenters. The van der Waals surface area contributed by atoms with Crippen molar-refractivity contribution in [1.82, 2.24) is 15.1 Å². The molecule has 45 heavy (non-hydrogen) atoms. The lowest BCUT2D eigenvalue weighted by Gasteiger charge is -2.32. The first-order chi connectivity index (χ1) is 21.4. The maximum absolute atomic E-state index is 14.0. The maximum atomic E-state index is 14.0. The molecule has 3 fully saturated rings. The predicted molar refractivity (Wildman–Crippen MR) is 170 cm³/mol. The van der Waals surface area contributed by atoms with Crippen LogP contribution in [0, 0.1) is 23.7 Å². The molecule has 252 valence electrons. The van der Waals surface area contributed by atoms with Crippen LogP contribution in [-0.4, -0.2) is 99.3 Å². The smallest absolute Gasteiger partial charge is 0.410 e. The van der Waals surface area contributed by atoms with Gasteiger partial charge in [-0.25, -0.2) is 9.59 Å². The SMILES string of the molecule is COCCCOc1cc(C(=O)N(C[C@@H]2CN(C(=O)OC(C)(C)C)C[C@@H]2CNC(=O)OC(C2CC2)C2CC2)C(C)C)ccc1OC. The average Bonchev–Trinajstić information content (AvgIpc) is 3.92. The van der Waals surface area contributed by atoms with Gasteiger partial charge in [0.05, 0.1) is 13.7 Å². The number of ether oxygens (including phenoxy) is 5. The summed E-state index contributed by atoms with van der Waals surface area (Å²) >= 11 is 0. The van der Waals surface area contributed by atoms with Crippen molar-refractivity contribution in [1.29, 1.82) is 0 Å². The molecule has 1 N–H and O–H groups in total. The van der Waals surface area contributed by atoms with Crippen molar-refractivity contribution in [3.63, 3.8) is 0 Å². The number of methoxy groups -OCH3 is 2. The first-order valence-electron chi connectivity index (χ1n) is 16.4. The molecular weight excluding hydrogens is 578 g/mol. The Morgan fingerprint density at radius 2 is 1.64 bits per heavy atom. The Morgan fingerprint density at radius 1 is 0.978 bits per heavy atom. The van der Waals surface area contributed by atoms with Crippen LogP contribution < -0.4 is 14.8 Å². The summed E-state index contributed by atoms with van der Waals surface area (Å²) in [5, 5.41) is 2.99. The van der Waals surface area contributed by atoms with E-state index in [-0.39, 0.29) is 29.9 Å². The Labute approximate surface area is 268 Å². The van der Waals surface area contributed by atoms with Gasteiger partial charge >= 0.3 is 12.2 Å². The summed E-state index contributed by atoms with van der Waals surface area (Å²) in [7, 11) is 3.21. The lowest BCUT2D eigenvalue weighted by molar-refractivity contribution is 0.0282. The Balaban J connectivity index is 1.46. The van der Waals surface area contributed by atoms with Gasteiger partial charge in [0.2, 0.25) is 0 Å². The fourth-order valence-electron chi connectivity index (χ4n) is 5.91. The van der Waals surface area contributed by atoms with Gasteiger partial charge in [-0.15, -0.1) is 0 Å². The summed E-state index contributed by atoms with van der Waals surface area (Å²) in [4.78, 5) is 43.4. The zero-order valence-corrected chi connectivity index (χ0v) is 28.1. The summed E-state index contributed by atoms with van der Waals surface area (Å²) in [6.45, 7) is 12.0. The molecule has 2 aliphatic carbocycles. The van der Waals surface area contributed by atoms with Gasteiger partial charge in [-0.1, -0.05) is 0 Å². The Morgan fingerprint density at radius 3 is 2.22 bits per heavy atom. The van der Waals surface area contributed by atoms with Crippen LogP contribution in [0.4, 0.5) is 9.59 Å². The van der Waals surface area contributed by atoms with Gasteiger partial charge in [0.25, 0.3) is 5.91 Å². The van der Waals surface area contributed by atoms with Crippen LogP contribution in [0.3, 0.4) is 0 Å². The number of alkyl carbamates (subject to hydrolysis) is 1. The summed E-state index contributed by atoms with van der Waals surface area (Å²) in [5.41, 5.74) is -0.150. The lowest BCUT2D eigenvalue weighted by Crippen LogP contribution is -2.44. The first-order valence-corrected chi connectivity index (χ1v) is 16.4. The summed E-state index contributed by atoms with van der Waals surface area (Å²) in [5.74, 6) is 1.71. The molecule has 3 amide bonds. The molecule has 2 atom stereocenters. The molecule has 1 aromatic rings. The van der Waals surface area contributed by atoms with E-state index in [2.05, 4.69) is 5.32 Å². The zero-order valence-electron chi connectivity index (χ0n) is 28.1. The fraction of sp³-hybridized carbons (Fsp3) is 0.735. The number of amides is 3. The molecule has 4 rings (SSSR count). The highest BCUT2D eigenvalue weighted by atomic mass is 16.6. The number of carbonyl (C=O) groups is 3. The van der Waals surface area contributed by atoms with E-state index in [1.54, 1.807) is 37.3 Å². The van der Waals surface area contributed by atoms with Crippen LogP contribution in [0.15, 0.2) is 18.2 Å². The molecule has 1 saturated heterocycles. The highest BCUT2D eigenvalue weighted by Crippen LogP contribution is 2.46. The van der Waals surface area contributed by atoms with Gasteiger partial charge in [0.1, 0.15) is 11.7 Å². The van der Waals surface area contributed by atoms with Gasteiger partial charge in [-0.05, 0) is 90.3 Å². The third-order valence-electron chi connectivity index (χ3n) is 8.63. The number of likely N-dealkylation sites (tertiary alicyclic amines) is 1. The third kappa shape index (κ3) is 10.1. The molecule has 1 aromatic carbocycles. The molecule has 11 heteroatoms. The van der Waals surface area contributed by atoms with Gasteiger partial charge in [0.15, 0.2) is 11.5 Å². The number of rotatable bonds is 15. The zero-order chi connectivity index (χ0) is 32.7.